The fourth-order valence-electron chi connectivity index (χ4n) is 6.81. The van der Waals surface area contributed by atoms with Crippen molar-refractivity contribution in [3.05, 3.63) is 127 Å². The first-order chi connectivity index (χ1) is 23.1. The zero-order valence-corrected chi connectivity index (χ0v) is 27.9. The summed E-state index contributed by atoms with van der Waals surface area (Å²) in [7, 11) is 0. The van der Waals surface area contributed by atoms with Gasteiger partial charge in [-0.3, -0.25) is 19.3 Å². The monoisotopic (exact) mass is 716 g/mol. The largest absolute Gasteiger partial charge is 0.417 e. The van der Waals surface area contributed by atoms with Crippen LogP contribution in [0.2, 0.25) is 0 Å². The van der Waals surface area contributed by atoms with Gasteiger partial charge in [-0.2, -0.15) is 23.4 Å². The van der Waals surface area contributed by atoms with Gasteiger partial charge >= 0.3 is 6.18 Å². The van der Waals surface area contributed by atoms with Gasteiger partial charge in [0.25, 0.3) is 11.5 Å². The molecule has 0 saturated carbocycles. The van der Waals surface area contributed by atoms with Crippen LogP contribution in [0.15, 0.2) is 82.2 Å². The third-order valence-corrected chi connectivity index (χ3v) is 9.85. The van der Waals surface area contributed by atoms with Gasteiger partial charge in [0.15, 0.2) is 0 Å². The van der Waals surface area contributed by atoms with Gasteiger partial charge < -0.3 is 4.90 Å². The number of halogens is 4. The van der Waals surface area contributed by atoms with Crippen molar-refractivity contribution in [2.45, 2.75) is 64.7 Å². The number of fused-ring (bicyclic) bond motifs is 4. The van der Waals surface area contributed by atoms with E-state index in [0.29, 0.717) is 41.9 Å². The van der Waals surface area contributed by atoms with Gasteiger partial charge in [0.1, 0.15) is 5.65 Å². The minimum Gasteiger partial charge on any atom is -0.329 e. The highest BCUT2D eigenvalue weighted by atomic mass is 79.9. The molecule has 4 heterocycles. The van der Waals surface area contributed by atoms with E-state index >= 15 is 0 Å². The Kier molecular flexibility index (Phi) is 8.22. The summed E-state index contributed by atoms with van der Waals surface area (Å²) in [5, 5.41) is 13.3. The highest BCUT2D eigenvalue weighted by molar-refractivity contribution is 9.10. The van der Waals surface area contributed by atoms with Crippen molar-refractivity contribution in [1.82, 2.24) is 29.3 Å². The van der Waals surface area contributed by atoms with Crippen molar-refractivity contribution in [3.8, 4) is 5.69 Å². The lowest BCUT2D eigenvalue weighted by Crippen LogP contribution is -2.47. The van der Waals surface area contributed by atoms with Crippen molar-refractivity contribution in [2.24, 2.45) is 0 Å². The zero-order valence-electron chi connectivity index (χ0n) is 26.3. The quantitative estimate of drug-likeness (QED) is 0.184. The van der Waals surface area contributed by atoms with Crippen LogP contribution >= 0.6 is 15.9 Å². The number of aromatic nitrogens is 5. The number of hydrogen-bond donors (Lipinski definition) is 1. The van der Waals surface area contributed by atoms with Gasteiger partial charge in [-0.05, 0) is 54.8 Å². The average Bonchev–Trinajstić information content (AvgIpc) is 3.68. The second kappa shape index (κ2) is 12.4. The molecule has 8 nitrogen and oxygen atoms in total. The normalized spacial score (nSPS) is 15.0. The summed E-state index contributed by atoms with van der Waals surface area (Å²) >= 11 is 2.98. The Morgan fingerprint density at radius 3 is 2.58 bits per heavy atom. The number of aryl methyl sites for hydroxylation is 1. The number of carbonyl (C=O) groups is 1. The van der Waals surface area contributed by atoms with E-state index in [4.69, 9.17) is 5.10 Å². The van der Waals surface area contributed by atoms with Crippen LogP contribution in [-0.2, 0) is 32.0 Å². The summed E-state index contributed by atoms with van der Waals surface area (Å²) in [6.45, 7) is 4.05. The Balaban J connectivity index is 1.41. The fourth-order valence-corrected chi connectivity index (χ4v) is 7.28. The van der Waals surface area contributed by atoms with Gasteiger partial charge in [0, 0.05) is 51.1 Å². The predicted molar refractivity (Wildman–Crippen MR) is 180 cm³/mol. The molecule has 48 heavy (non-hydrogen) atoms. The molecule has 1 aliphatic rings. The highest BCUT2D eigenvalue weighted by Crippen LogP contribution is 2.36. The molecule has 6 aromatic rings. The van der Waals surface area contributed by atoms with Crippen LogP contribution in [0.3, 0.4) is 0 Å². The summed E-state index contributed by atoms with van der Waals surface area (Å²) in [6.07, 6.45) is -0.0666. The number of alkyl halides is 3. The van der Waals surface area contributed by atoms with E-state index in [1.807, 2.05) is 62.4 Å². The molecule has 7 rings (SSSR count). The third kappa shape index (κ3) is 5.51. The van der Waals surface area contributed by atoms with E-state index in [1.54, 1.807) is 20.2 Å². The number of nitrogens with one attached hydrogen (secondary N) is 1. The average molecular weight is 718 g/mol. The molecule has 1 N–H and O–H groups in total. The molecular weight excluding hydrogens is 685 g/mol. The summed E-state index contributed by atoms with van der Waals surface area (Å²) < 4.78 is 44.6. The number of rotatable bonds is 7. The summed E-state index contributed by atoms with van der Waals surface area (Å²) in [5.74, 6) is -0.526. The molecule has 12 heteroatoms. The number of carbonyl (C=O) groups excluding carboxylic acids is 1. The molecule has 0 radical (unpaired) electrons. The number of H-pyrrole nitrogens is 1. The van der Waals surface area contributed by atoms with Crippen LogP contribution in [0.1, 0.15) is 70.7 Å². The standard InChI is InChI=1S/C36H32BrF3N6O2/c1-3-8-24-17-27-32(20-44(24)34(47)22-11-14-29(37)28(16-22)36(38,39)40)46-33(23(19-41-46)15-21-9-6-5-7-10-21)45(35(27)48)25-12-13-26-30(4-2)42-43-31(26)18-25/h5-7,9-14,16,18-19,24H,3-4,8,15,17,20H2,1-2H3,(H,42,43). The maximum atomic E-state index is 14.7. The SMILES string of the molecule is CCCC1Cc2c(n3ncc(Cc4ccccc4)c3n(-c3ccc4c(CC)[nH]nc4c3)c2=O)CN1C(=O)c1ccc(Br)c(C(F)(F)F)c1. The first-order valence-corrected chi connectivity index (χ1v) is 16.7. The lowest BCUT2D eigenvalue weighted by atomic mass is 9.94. The Bertz CT molecular complexity index is 2240. The van der Waals surface area contributed by atoms with Gasteiger partial charge in [-0.15, -0.1) is 0 Å². The zero-order chi connectivity index (χ0) is 33.7. The van der Waals surface area contributed by atoms with Crippen LogP contribution in [-0.4, -0.2) is 41.2 Å². The fraction of sp³-hybridized carbons (Fsp3) is 0.278. The highest BCUT2D eigenvalue weighted by Gasteiger charge is 2.37. The van der Waals surface area contributed by atoms with Crippen LogP contribution in [0.25, 0.3) is 22.2 Å². The Hall–Kier alpha value is -4.71. The van der Waals surface area contributed by atoms with Gasteiger partial charge in [-0.1, -0.05) is 66.5 Å². The van der Waals surface area contributed by atoms with E-state index in [2.05, 4.69) is 26.1 Å². The molecule has 1 unspecified atom stereocenters. The first kappa shape index (κ1) is 31.9. The molecule has 0 fully saturated rings. The third-order valence-electron chi connectivity index (χ3n) is 9.16. The number of benzene rings is 3. The lowest BCUT2D eigenvalue weighted by molar-refractivity contribution is -0.138. The van der Waals surface area contributed by atoms with E-state index in [9.17, 15) is 22.8 Å². The van der Waals surface area contributed by atoms with Crippen molar-refractivity contribution < 1.29 is 18.0 Å². The van der Waals surface area contributed by atoms with E-state index in [0.717, 1.165) is 40.2 Å². The minimum absolute atomic E-state index is 0.0214. The van der Waals surface area contributed by atoms with Gasteiger partial charge in [0.2, 0.25) is 0 Å². The minimum atomic E-state index is -4.63. The van der Waals surface area contributed by atoms with E-state index < -0.39 is 23.7 Å². The van der Waals surface area contributed by atoms with Crippen LogP contribution in [0, 0.1) is 0 Å². The van der Waals surface area contributed by atoms with Crippen molar-refractivity contribution in [2.75, 3.05) is 0 Å². The van der Waals surface area contributed by atoms with Crippen LogP contribution in [0.4, 0.5) is 13.2 Å². The van der Waals surface area contributed by atoms with E-state index in [-0.39, 0.29) is 28.6 Å². The molecule has 0 bridgehead atoms. The smallest absolute Gasteiger partial charge is 0.329 e. The first-order valence-electron chi connectivity index (χ1n) is 15.9. The molecule has 0 spiro atoms. The summed E-state index contributed by atoms with van der Waals surface area (Å²) in [5.41, 5.74) is 4.69. The topological polar surface area (TPSA) is 88.3 Å². The van der Waals surface area contributed by atoms with Crippen LogP contribution < -0.4 is 5.56 Å². The van der Waals surface area contributed by atoms with E-state index in [1.165, 1.54) is 12.1 Å². The van der Waals surface area contributed by atoms with Gasteiger partial charge in [0.05, 0.1) is 35.2 Å². The second-order valence-corrected chi connectivity index (χ2v) is 13.0. The molecule has 1 atom stereocenters. The summed E-state index contributed by atoms with van der Waals surface area (Å²) in [6, 6.07) is 18.8. The molecule has 3 aromatic heterocycles. The van der Waals surface area contributed by atoms with Crippen molar-refractivity contribution >= 4 is 38.4 Å². The number of amides is 1. The van der Waals surface area contributed by atoms with Crippen LogP contribution in [0.5, 0.6) is 0 Å². The molecule has 1 aliphatic heterocycles. The molecule has 246 valence electrons. The molecule has 3 aromatic carbocycles. The Labute approximate surface area is 282 Å². The van der Waals surface area contributed by atoms with Crippen molar-refractivity contribution in [1.29, 1.82) is 0 Å². The summed E-state index contributed by atoms with van der Waals surface area (Å²) in [4.78, 5) is 30.3. The van der Waals surface area contributed by atoms with Gasteiger partial charge in [-0.25, -0.2) is 4.52 Å². The number of hydrogen-bond acceptors (Lipinski definition) is 4. The number of aromatic amines is 1. The molecule has 1 amide bonds. The lowest BCUT2D eigenvalue weighted by Gasteiger charge is -2.37. The second-order valence-electron chi connectivity index (χ2n) is 12.2. The Morgan fingerprint density at radius 2 is 1.85 bits per heavy atom. The molecular formula is C36H32BrF3N6O2. The maximum absolute atomic E-state index is 14.7. The predicted octanol–water partition coefficient (Wildman–Crippen LogP) is 7.66. The molecule has 0 saturated heterocycles. The maximum Gasteiger partial charge on any atom is 0.417 e. The Morgan fingerprint density at radius 1 is 1.06 bits per heavy atom. The van der Waals surface area contributed by atoms with Crippen molar-refractivity contribution in [3.63, 3.8) is 0 Å². The molecule has 0 aliphatic carbocycles. The number of nitrogens with zero attached hydrogens (tertiary/aromatic N) is 5.